The predicted octanol–water partition coefficient (Wildman–Crippen LogP) is 3.66. The quantitative estimate of drug-likeness (QED) is 0.381. The van der Waals surface area contributed by atoms with E-state index >= 15 is 0 Å². The summed E-state index contributed by atoms with van der Waals surface area (Å²) in [4.78, 5) is 38.5. The van der Waals surface area contributed by atoms with Crippen LogP contribution in [0.1, 0.15) is 52.6 Å². The number of nitrogens with zero attached hydrogens (tertiary/aromatic N) is 5. The van der Waals surface area contributed by atoms with Crippen molar-refractivity contribution in [3.8, 4) is 11.3 Å². The zero-order valence-electron chi connectivity index (χ0n) is 23.4. The topological polar surface area (TPSA) is 99.2 Å². The van der Waals surface area contributed by atoms with Crippen LogP contribution in [-0.4, -0.2) is 68.7 Å². The molecule has 5 rings (SSSR count). The average Bonchev–Trinajstić information content (AvgIpc) is 3.33. The first kappa shape index (κ1) is 26.8. The van der Waals surface area contributed by atoms with Crippen molar-refractivity contribution < 1.29 is 4.79 Å². The molecule has 9 heteroatoms. The number of aromatic amines is 1. The fraction of sp³-hybridized carbons (Fsp3) is 0.400. The predicted molar refractivity (Wildman–Crippen MR) is 154 cm³/mol. The van der Waals surface area contributed by atoms with Gasteiger partial charge in [0.2, 0.25) is 0 Å². The normalized spacial score (nSPS) is 14.8. The van der Waals surface area contributed by atoms with E-state index in [9.17, 15) is 9.59 Å². The fourth-order valence-corrected chi connectivity index (χ4v) is 5.14. The van der Waals surface area contributed by atoms with Gasteiger partial charge in [-0.25, -0.2) is 9.67 Å². The molecule has 3 aromatic heterocycles. The second kappa shape index (κ2) is 11.1. The van der Waals surface area contributed by atoms with E-state index in [0.717, 1.165) is 49.5 Å². The molecular formula is C30H37N7O2. The van der Waals surface area contributed by atoms with Gasteiger partial charge in [0.15, 0.2) is 5.65 Å². The van der Waals surface area contributed by atoms with E-state index in [1.165, 1.54) is 5.56 Å². The Morgan fingerprint density at radius 1 is 1.08 bits per heavy atom. The van der Waals surface area contributed by atoms with Gasteiger partial charge in [-0.3, -0.25) is 14.5 Å². The van der Waals surface area contributed by atoms with Crippen molar-refractivity contribution in [1.82, 2.24) is 34.9 Å². The van der Waals surface area contributed by atoms with Crippen LogP contribution >= 0.6 is 0 Å². The van der Waals surface area contributed by atoms with Crippen molar-refractivity contribution in [2.45, 2.75) is 46.8 Å². The number of rotatable bonds is 7. The molecule has 4 aromatic rings. The second-order valence-electron chi connectivity index (χ2n) is 10.9. The Hall–Kier alpha value is -3.82. The fourth-order valence-electron chi connectivity index (χ4n) is 5.14. The molecule has 1 saturated heterocycles. The Morgan fingerprint density at radius 3 is 2.46 bits per heavy atom. The van der Waals surface area contributed by atoms with Crippen LogP contribution in [0.3, 0.4) is 0 Å². The Labute approximate surface area is 228 Å². The Bertz CT molecular complexity index is 1540. The van der Waals surface area contributed by atoms with E-state index in [1.54, 1.807) is 6.20 Å². The third-order valence-electron chi connectivity index (χ3n) is 7.47. The van der Waals surface area contributed by atoms with Crippen molar-refractivity contribution >= 4 is 16.9 Å². The summed E-state index contributed by atoms with van der Waals surface area (Å²) < 4.78 is 1.84. The van der Waals surface area contributed by atoms with Crippen LogP contribution in [-0.2, 0) is 13.1 Å². The zero-order chi connectivity index (χ0) is 27.7. The standard InChI is InChI=1S/C30H37N7O2/c1-19(2)37-28-26(17-32-37)24(29(38)31-16-25-20(3)14-21(4)33-30(25)39)15-27(34-28)23-8-6-22(7-9-23)18-36-12-10-35(5)11-13-36/h6-9,14-15,17,19H,10-13,16,18H2,1-5H3,(H,31,38)(H,33,39). The first-order valence-corrected chi connectivity index (χ1v) is 13.6. The van der Waals surface area contributed by atoms with Gasteiger partial charge in [-0.05, 0) is 58.0 Å². The molecule has 1 amide bonds. The third kappa shape index (κ3) is 5.79. The van der Waals surface area contributed by atoms with Gasteiger partial charge in [0.25, 0.3) is 11.5 Å². The van der Waals surface area contributed by atoms with Crippen molar-refractivity contribution in [1.29, 1.82) is 0 Å². The number of hydrogen-bond acceptors (Lipinski definition) is 6. The lowest BCUT2D eigenvalue weighted by atomic mass is 10.0. The number of aromatic nitrogens is 4. The summed E-state index contributed by atoms with van der Waals surface area (Å²) in [6.45, 7) is 13.2. The summed E-state index contributed by atoms with van der Waals surface area (Å²) in [6, 6.07) is 12.3. The largest absolute Gasteiger partial charge is 0.348 e. The van der Waals surface area contributed by atoms with E-state index in [0.29, 0.717) is 27.9 Å². The number of carbonyl (C=O) groups excluding carboxylic acids is 1. The van der Waals surface area contributed by atoms with Crippen LogP contribution in [0.15, 0.2) is 47.4 Å². The highest BCUT2D eigenvalue weighted by Crippen LogP contribution is 2.27. The van der Waals surface area contributed by atoms with E-state index in [4.69, 9.17) is 4.98 Å². The van der Waals surface area contributed by atoms with E-state index in [1.807, 2.05) is 44.5 Å². The van der Waals surface area contributed by atoms with Crippen LogP contribution in [0.25, 0.3) is 22.3 Å². The number of nitrogens with one attached hydrogen (secondary N) is 2. The third-order valence-corrected chi connectivity index (χ3v) is 7.47. The van der Waals surface area contributed by atoms with Crippen molar-refractivity contribution in [3.05, 3.63) is 80.9 Å². The van der Waals surface area contributed by atoms with Crippen LogP contribution in [0.5, 0.6) is 0 Å². The highest BCUT2D eigenvalue weighted by atomic mass is 16.1. The number of fused-ring (bicyclic) bond motifs is 1. The van der Waals surface area contributed by atoms with Crippen LogP contribution in [0.4, 0.5) is 0 Å². The Balaban J connectivity index is 1.43. The molecule has 1 aliphatic heterocycles. The number of amides is 1. The molecule has 1 fully saturated rings. The van der Waals surface area contributed by atoms with Gasteiger partial charge in [-0.2, -0.15) is 5.10 Å². The molecule has 0 unspecified atom stereocenters. The minimum Gasteiger partial charge on any atom is -0.348 e. The number of pyridine rings is 2. The molecule has 39 heavy (non-hydrogen) atoms. The monoisotopic (exact) mass is 527 g/mol. The summed E-state index contributed by atoms with van der Waals surface area (Å²) in [7, 11) is 2.17. The lowest BCUT2D eigenvalue weighted by Crippen LogP contribution is -2.43. The van der Waals surface area contributed by atoms with Gasteiger partial charge < -0.3 is 15.2 Å². The Morgan fingerprint density at radius 2 is 1.79 bits per heavy atom. The highest BCUT2D eigenvalue weighted by Gasteiger charge is 2.20. The van der Waals surface area contributed by atoms with Crippen molar-refractivity contribution in [2.24, 2.45) is 0 Å². The maximum Gasteiger partial charge on any atom is 0.253 e. The average molecular weight is 528 g/mol. The maximum atomic E-state index is 13.5. The molecule has 9 nitrogen and oxygen atoms in total. The molecular weight excluding hydrogens is 490 g/mol. The number of carbonyl (C=O) groups is 1. The van der Waals surface area contributed by atoms with Crippen LogP contribution in [0, 0.1) is 13.8 Å². The SMILES string of the molecule is Cc1cc(C)c(CNC(=O)c2cc(-c3ccc(CN4CCN(C)CC4)cc3)nc3c2cnn3C(C)C)c(=O)[nH]1. The van der Waals surface area contributed by atoms with E-state index < -0.39 is 0 Å². The molecule has 4 heterocycles. The lowest BCUT2D eigenvalue weighted by Gasteiger charge is -2.32. The minimum absolute atomic E-state index is 0.0842. The number of hydrogen-bond donors (Lipinski definition) is 2. The molecule has 2 N–H and O–H groups in total. The van der Waals surface area contributed by atoms with Gasteiger partial charge >= 0.3 is 0 Å². The van der Waals surface area contributed by atoms with Crippen LogP contribution in [0.2, 0.25) is 0 Å². The molecule has 1 aliphatic rings. The lowest BCUT2D eigenvalue weighted by molar-refractivity contribution is 0.0952. The van der Waals surface area contributed by atoms with Crippen molar-refractivity contribution in [2.75, 3.05) is 33.2 Å². The van der Waals surface area contributed by atoms with Crippen LogP contribution < -0.4 is 10.9 Å². The van der Waals surface area contributed by atoms with Gasteiger partial charge in [0, 0.05) is 62.1 Å². The highest BCUT2D eigenvalue weighted by molar-refractivity contribution is 6.06. The first-order chi connectivity index (χ1) is 18.7. The Kier molecular flexibility index (Phi) is 7.63. The zero-order valence-corrected chi connectivity index (χ0v) is 23.4. The summed E-state index contributed by atoms with van der Waals surface area (Å²) >= 11 is 0. The second-order valence-corrected chi connectivity index (χ2v) is 10.9. The molecule has 204 valence electrons. The van der Waals surface area contributed by atoms with Gasteiger partial charge in [0.05, 0.1) is 22.8 Å². The summed E-state index contributed by atoms with van der Waals surface area (Å²) in [5.74, 6) is -0.266. The first-order valence-electron chi connectivity index (χ1n) is 13.6. The molecule has 0 atom stereocenters. The van der Waals surface area contributed by atoms with Gasteiger partial charge in [0.1, 0.15) is 0 Å². The summed E-state index contributed by atoms with van der Waals surface area (Å²) in [6.07, 6.45) is 1.70. The summed E-state index contributed by atoms with van der Waals surface area (Å²) in [5.41, 5.74) is 6.08. The molecule has 1 aromatic carbocycles. The number of aryl methyl sites for hydroxylation is 2. The van der Waals surface area contributed by atoms with E-state index in [2.05, 4.69) is 56.5 Å². The molecule has 0 bridgehead atoms. The maximum absolute atomic E-state index is 13.5. The minimum atomic E-state index is -0.266. The molecule has 0 radical (unpaired) electrons. The molecule has 0 spiro atoms. The summed E-state index contributed by atoms with van der Waals surface area (Å²) in [5, 5.41) is 8.16. The number of H-pyrrole nitrogens is 1. The molecule has 0 saturated carbocycles. The smallest absolute Gasteiger partial charge is 0.253 e. The molecule has 0 aliphatic carbocycles. The van der Waals surface area contributed by atoms with Gasteiger partial charge in [-0.15, -0.1) is 0 Å². The number of piperazine rings is 1. The van der Waals surface area contributed by atoms with Crippen molar-refractivity contribution in [3.63, 3.8) is 0 Å². The number of benzene rings is 1. The number of likely N-dealkylation sites (N-methyl/N-ethyl adjacent to an activating group) is 1. The van der Waals surface area contributed by atoms with Gasteiger partial charge in [-0.1, -0.05) is 24.3 Å². The van der Waals surface area contributed by atoms with E-state index in [-0.39, 0.29) is 24.1 Å².